The number of halogens is 2. The summed E-state index contributed by atoms with van der Waals surface area (Å²) in [6.07, 6.45) is 0. The van der Waals surface area contributed by atoms with Crippen LogP contribution in [-0.2, 0) is 3.63 Å². The van der Waals surface area contributed by atoms with Crippen LogP contribution in [0.5, 0.6) is 0 Å². The van der Waals surface area contributed by atoms with Crippen molar-refractivity contribution in [3.8, 4) is 0 Å². The number of hydrogen-bond donors (Lipinski definition) is 0. The van der Waals surface area contributed by atoms with E-state index in [9.17, 15) is 7.77 Å². The minimum atomic E-state index is -0.510. The summed E-state index contributed by atoms with van der Waals surface area (Å²) in [5.74, 6) is 0. The van der Waals surface area contributed by atoms with Gasteiger partial charge in [-0.2, -0.15) is 3.63 Å². The highest BCUT2D eigenvalue weighted by Gasteiger charge is 1.77. The predicted molar refractivity (Wildman–Crippen MR) is 18.5 cm³/mol. The lowest BCUT2D eigenvalue weighted by Crippen LogP contribution is -1.40. The summed E-state index contributed by atoms with van der Waals surface area (Å²) in [4.78, 5) is 0. The molecule has 0 bridgehead atoms. The normalized spacial score (nSPS) is 8.40. The lowest BCUT2D eigenvalue weighted by Gasteiger charge is -1.71. The van der Waals surface area contributed by atoms with Gasteiger partial charge in [0.15, 0.2) is 0 Å². The van der Waals surface area contributed by atoms with Crippen molar-refractivity contribution in [2.45, 2.75) is 0 Å². The molecule has 0 aliphatic heterocycles. The average Bonchev–Trinajstić information content (AvgIpc) is 1.41. The first kappa shape index (κ1) is 5.52. The average molecular weight is 118 g/mol. The topological polar surface area (TPSA) is 9.23 Å². The molecule has 0 aromatic heterocycles. The van der Waals surface area contributed by atoms with E-state index in [0.717, 1.165) is 0 Å². The summed E-state index contributed by atoms with van der Waals surface area (Å²) in [7, 11) is 0. The fraction of sp³-hybridized carbons (Fsp3) is 0. The molecule has 32 valence electrons. The number of rotatable bonds is 2. The summed E-state index contributed by atoms with van der Waals surface area (Å²) >= 11 is -1.02. The number of hydrogen-bond acceptors (Lipinski definition) is 3. The maximum Gasteiger partial charge on any atom is 0.223 e. The van der Waals surface area contributed by atoms with E-state index in [1.807, 2.05) is 0 Å². The van der Waals surface area contributed by atoms with Crippen LogP contribution in [0.4, 0.5) is 7.77 Å². The molecule has 0 amide bonds. The fourth-order valence-electron chi connectivity index (χ4n) is 0.00972. The van der Waals surface area contributed by atoms with Gasteiger partial charge in [0.1, 0.15) is 0 Å². The SMILES string of the molecule is FSOSF. The van der Waals surface area contributed by atoms with Gasteiger partial charge in [-0.05, 0) is 0 Å². The quantitative estimate of drug-likeness (QED) is 0.513. The van der Waals surface area contributed by atoms with Crippen LogP contribution in [0.1, 0.15) is 0 Å². The van der Waals surface area contributed by atoms with Crippen molar-refractivity contribution in [3.05, 3.63) is 0 Å². The van der Waals surface area contributed by atoms with Crippen LogP contribution in [0.25, 0.3) is 0 Å². The summed E-state index contributed by atoms with van der Waals surface area (Å²) in [6, 6.07) is 0. The highest BCUT2D eigenvalue weighted by molar-refractivity contribution is 8.03. The van der Waals surface area contributed by atoms with Crippen LogP contribution < -0.4 is 0 Å². The molecule has 0 N–H and O–H groups in total. The lowest BCUT2D eigenvalue weighted by molar-refractivity contribution is 0.661. The second-order valence-electron chi connectivity index (χ2n) is 0.194. The van der Waals surface area contributed by atoms with Gasteiger partial charge in [-0.1, -0.05) is 0 Å². The van der Waals surface area contributed by atoms with Gasteiger partial charge in [0.25, 0.3) is 0 Å². The zero-order chi connectivity index (χ0) is 4.12. The molecular formula is F2OS2. The molecule has 0 spiro atoms. The molecule has 0 rings (SSSR count). The maximum atomic E-state index is 10.4. The molecule has 1 nitrogen and oxygen atoms in total. The summed E-state index contributed by atoms with van der Waals surface area (Å²) < 4.78 is 24.2. The Morgan fingerprint density at radius 3 is 1.60 bits per heavy atom. The second-order valence-corrected chi connectivity index (χ2v) is 0.990. The van der Waals surface area contributed by atoms with Gasteiger partial charge >= 0.3 is 0 Å². The molecule has 0 heterocycles. The van der Waals surface area contributed by atoms with E-state index in [1.54, 1.807) is 0 Å². The molecule has 0 fully saturated rings. The Labute approximate surface area is 37.1 Å². The monoisotopic (exact) mass is 118 g/mol. The van der Waals surface area contributed by atoms with Gasteiger partial charge < -0.3 is 0 Å². The van der Waals surface area contributed by atoms with Crippen molar-refractivity contribution >= 4 is 24.9 Å². The van der Waals surface area contributed by atoms with Gasteiger partial charge in [-0.25, -0.2) is 0 Å². The Morgan fingerprint density at radius 1 is 1.20 bits per heavy atom. The van der Waals surface area contributed by atoms with Gasteiger partial charge in [0.05, 0.1) is 0 Å². The van der Waals surface area contributed by atoms with Crippen LogP contribution in [0.3, 0.4) is 0 Å². The third-order valence-electron chi connectivity index (χ3n) is 0.0514. The minimum Gasteiger partial charge on any atom is -0.182 e. The molecule has 0 atom stereocenters. The molecule has 0 aliphatic rings. The zero-order valence-electron chi connectivity index (χ0n) is 1.98. The maximum absolute atomic E-state index is 10.4. The van der Waals surface area contributed by atoms with Gasteiger partial charge in [0.2, 0.25) is 24.9 Å². The van der Waals surface area contributed by atoms with Crippen LogP contribution in [0, 0.1) is 0 Å². The van der Waals surface area contributed by atoms with Gasteiger partial charge in [0, 0.05) is 0 Å². The Kier molecular flexibility index (Phi) is 4.99. The first-order valence-electron chi connectivity index (χ1n) is 0.642. The van der Waals surface area contributed by atoms with Crippen molar-refractivity contribution in [2.75, 3.05) is 0 Å². The van der Waals surface area contributed by atoms with Crippen molar-refractivity contribution in [3.63, 3.8) is 0 Å². The summed E-state index contributed by atoms with van der Waals surface area (Å²) in [5, 5.41) is 0. The van der Waals surface area contributed by atoms with E-state index < -0.39 is 24.9 Å². The lowest BCUT2D eigenvalue weighted by atomic mass is 15.9. The van der Waals surface area contributed by atoms with Crippen molar-refractivity contribution in [1.82, 2.24) is 0 Å². The third-order valence-corrected chi connectivity index (χ3v) is 0.463. The Morgan fingerprint density at radius 2 is 1.60 bits per heavy atom. The second kappa shape index (κ2) is 4.52. The van der Waals surface area contributed by atoms with E-state index in [-0.39, 0.29) is 0 Å². The molecule has 0 unspecified atom stereocenters. The molecule has 0 aliphatic carbocycles. The standard InChI is InChI=1S/F2OS2/c1-4-3-5-2. The largest absolute Gasteiger partial charge is 0.223 e. The van der Waals surface area contributed by atoms with E-state index in [4.69, 9.17) is 0 Å². The third kappa shape index (κ3) is 4.52. The van der Waals surface area contributed by atoms with Crippen molar-refractivity contribution in [2.24, 2.45) is 0 Å². The first-order chi connectivity index (χ1) is 2.41. The van der Waals surface area contributed by atoms with Gasteiger partial charge in [-0.3, -0.25) is 0 Å². The van der Waals surface area contributed by atoms with Crippen molar-refractivity contribution < 1.29 is 11.4 Å². The van der Waals surface area contributed by atoms with E-state index in [0.29, 0.717) is 0 Å². The smallest absolute Gasteiger partial charge is 0.182 e. The molecule has 0 aromatic carbocycles. The minimum absolute atomic E-state index is 0.510. The van der Waals surface area contributed by atoms with E-state index in [1.165, 1.54) is 0 Å². The highest BCUT2D eigenvalue weighted by Crippen LogP contribution is 2.14. The predicted octanol–water partition coefficient (Wildman–Crippen LogP) is 2.07. The molecule has 0 saturated heterocycles. The van der Waals surface area contributed by atoms with Crippen LogP contribution >= 0.6 is 24.9 Å². The summed E-state index contributed by atoms with van der Waals surface area (Å²) in [6.45, 7) is 0. The highest BCUT2D eigenvalue weighted by atomic mass is 32.3. The molecular weight excluding hydrogens is 118 g/mol. The van der Waals surface area contributed by atoms with Crippen LogP contribution in [0.15, 0.2) is 0 Å². The summed E-state index contributed by atoms with van der Waals surface area (Å²) in [5.41, 5.74) is 0. The van der Waals surface area contributed by atoms with E-state index >= 15 is 0 Å². The molecule has 0 saturated carbocycles. The molecule has 5 heteroatoms. The zero-order valence-corrected chi connectivity index (χ0v) is 3.61. The molecule has 0 radical (unpaired) electrons. The first-order valence-corrected chi connectivity index (χ1v) is 1.93. The van der Waals surface area contributed by atoms with Gasteiger partial charge in [-0.15, -0.1) is 7.77 Å². The Hall–Kier alpha value is 0.520. The van der Waals surface area contributed by atoms with Crippen molar-refractivity contribution in [1.29, 1.82) is 0 Å². The Balaban J connectivity index is 2.19. The van der Waals surface area contributed by atoms with Crippen LogP contribution in [-0.4, -0.2) is 0 Å². The molecule has 0 aromatic rings. The molecule has 5 heavy (non-hydrogen) atoms. The van der Waals surface area contributed by atoms with Crippen LogP contribution in [0.2, 0.25) is 0 Å². The van der Waals surface area contributed by atoms with E-state index in [2.05, 4.69) is 3.63 Å². The fourth-order valence-corrected chi connectivity index (χ4v) is 0.0875. The Bertz CT molecular complexity index is 15.1.